The summed E-state index contributed by atoms with van der Waals surface area (Å²) in [4.78, 5) is 26.7. The number of anilines is 1. The van der Waals surface area contributed by atoms with Crippen LogP contribution in [0.15, 0.2) is 41.5 Å². The second-order valence-electron chi connectivity index (χ2n) is 9.58. The van der Waals surface area contributed by atoms with Crippen molar-refractivity contribution in [3.8, 4) is 22.9 Å². The number of alkyl halides is 3. The first-order valence-corrected chi connectivity index (χ1v) is 12.1. The van der Waals surface area contributed by atoms with E-state index in [0.717, 1.165) is 37.7 Å². The van der Waals surface area contributed by atoms with Crippen LogP contribution in [0.5, 0.6) is 11.6 Å². The number of aromatic amines is 1. The largest absolute Gasteiger partial charge is 0.438 e. The summed E-state index contributed by atoms with van der Waals surface area (Å²) >= 11 is 0. The first-order valence-electron chi connectivity index (χ1n) is 12.1. The van der Waals surface area contributed by atoms with Gasteiger partial charge in [-0.25, -0.2) is 18.7 Å². The highest BCUT2D eigenvalue weighted by molar-refractivity contribution is 5.91. The highest BCUT2D eigenvalue weighted by Gasteiger charge is 2.35. The molecule has 0 saturated carbocycles. The van der Waals surface area contributed by atoms with Crippen LogP contribution in [0.4, 0.5) is 27.8 Å². The molecule has 1 fully saturated rings. The van der Waals surface area contributed by atoms with E-state index in [1.165, 1.54) is 20.0 Å². The van der Waals surface area contributed by atoms with Gasteiger partial charge in [0.1, 0.15) is 11.6 Å². The predicted molar refractivity (Wildman–Crippen MR) is 136 cm³/mol. The molecule has 7 nitrogen and oxygen atoms in total. The third kappa shape index (κ3) is 5.03. The summed E-state index contributed by atoms with van der Waals surface area (Å²) in [6.07, 6.45) is -1.78. The predicted octanol–water partition coefficient (Wildman–Crippen LogP) is 5.81. The molecule has 1 saturated heterocycles. The highest BCUT2D eigenvalue weighted by atomic mass is 19.4. The summed E-state index contributed by atoms with van der Waals surface area (Å²) in [5.74, 6) is -2.34. The zero-order chi connectivity index (χ0) is 28.1. The number of hydrogen-bond donors (Lipinski definition) is 2. The summed E-state index contributed by atoms with van der Waals surface area (Å²) in [6, 6.07) is 4.78. The molecule has 4 heterocycles. The van der Waals surface area contributed by atoms with Crippen LogP contribution < -0.4 is 15.5 Å². The van der Waals surface area contributed by atoms with Crippen molar-refractivity contribution in [3.05, 3.63) is 75.2 Å². The Hall–Kier alpha value is -4.06. The van der Waals surface area contributed by atoms with Gasteiger partial charge in [-0.2, -0.15) is 13.2 Å². The van der Waals surface area contributed by atoms with E-state index in [-0.39, 0.29) is 45.4 Å². The molecule has 0 amide bonds. The Kier molecular flexibility index (Phi) is 6.75. The minimum absolute atomic E-state index is 0.0107. The lowest BCUT2D eigenvalue weighted by Gasteiger charge is -2.19. The number of nitrogens with zero attached hydrogens (tertiary/aromatic N) is 3. The number of likely N-dealkylation sites (N-methyl/N-ethyl adjacent to an activating group) is 1. The van der Waals surface area contributed by atoms with Crippen molar-refractivity contribution in [2.24, 2.45) is 0 Å². The van der Waals surface area contributed by atoms with E-state index in [9.17, 15) is 26.7 Å². The molecule has 12 heteroatoms. The standard InChI is InChI=1S/C27H24F5N5O2/c1-13-16(27(30,31)32)11-34-26(39-21-5-4-17(28)24(29)14(21)2)22(13)19-10-20(38)23-18(36-19)6-8-33-25(23)35-15-7-9-37(3)12-15/h4-6,8,10-11,15H,7,9,12H2,1-3H3,(H,33,35)(H,36,38)/t15-/m0/s1. The van der Waals surface area contributed by atoms with Crippen molar-refractivity contribution in [2.45, 2.75) is 32.5 Å². The summed E-state index contributed by atoms with van der Waals surface area (Å²) in [7, 11) is 1.99. The van der Waals surface area contributed by atoms with Gasteiger partial charge in [0.25, 0.3) is 0 Å². The quantitative estimate of drug-likeness (QED) is 0.308. The van der Waals surface area contributed by atoms with Crippen LogP contribution in [0, 0.1) is 25.5 Å². The lowest BCUT2D eigenvalue weighted by atomic mass is 10.0. The maximum absolute atomic E-state index is 14.2. The van der Waals surface area contributed by atoms with Gasteiger partial charge in [-0.15, -0.1) is 0 Å². The molecule has 4 aromatic rings. The van der Waals surface area contributed by atoms with Crippen molar-refractivity contribution in [1.82, 2.24) is 19.9 Å². The van der Waals surface area contributed by atoms with E-state index in [2.05, 4.69) is 25.2 Å². The zero-order valence-electron chi connectivity index (χ0n) is 21.2. The Morgan fingerprint density at radius 3 is 2.59 bits per heavy atom. The van der Waals surface area contributed by atoms with Crippen molar-refractivity contribution in [1.29, 1.82) is 0 Å². The molecule has 0 spiro atoms. The summed E-state index contributed by atoms with van der Waals surface area (Å²) < 4.78 is 74.9. The molecule has 1 aliphatic rings. The minimum atomic E-state index is -4.74. The topological polar surface area (TPSA) is 83.1 Å². The van der Waals surface area contributed by atoms with Crippen LogP contribution in [0.3, 0.4) is 0 Å². The molecule has 0 radical (unpaired) electrons. The van der Waals surface area contributed by atoms with Gasteiger partial charge in [-0.1, -0.05) is 0 Å². The van der Waals surface area contributed by atoms with Gasteiger partial charge in [0.15, 0.2) is 17.1 Å². The molecule has 1 aliphatic heterocycles. The summed E-state index contributed by atoms with van der Waals surface area (Å²) in [5.41, 5.74) is -1.75. The molecule has 0 aliphatic carbocycles. The van der Waals surface area contributed by atoms with Gasteiger partial charge >= 0.3 is 6.18 Å². The first-order chi connectivity index (χ1) is 18.4. The molecule has 5 rings (SSSR count). The van der Waals surface area contributed by atoms with Gasteiger partial charge in [0.05, 0.1) is 27.7 Å². The van der Waals surface area contributed by atoms with E-state index < -0.39 is 28.8 Å². The normalized spacial score (nSPS) is 16.2. The number of ether oxygens (including phenoxy) is 1. The van der Waals surface area contributed by atoms with Crippen molar-refractivity contribution >= 4 is 16.7 Å². The fourth-order valence-corrected chi connectivity index (χ4v) is 4.80. The Balaban J connectivity index is 1.66. The molecule has 3 aromatic heterocycles. The van der Waals surface area contributed by atoms with Crippen LogP contribution in [-0.4, -0.2) is 46.0 Å². The fourth-order valence-electron chi connectivity index (χ4n) is 4.80. The SMILES string of the molecule is Cc1c(Oc2ncc(C(F)(F)F)c(C)c2-c2cc(=O)c3c(N[C@H]4CCN(C)C4)nccc3[nH]2)ccc(F)c1F. The van der Waals surface area contributed by atoms with E-state index in [1.807, 2.05) is 7.05 Å². The van der Waals surface area contributed by atoms with Crippen LogP contribution >= 0.6 is 0 Å². The minimum Gasteiger partial charge on any atom is -0.438 e. The second-order valence-corrected chi connectivity index (χ2v) is 9.58. The number of aromatic nitrogens is 3. The number of halogens is 5. The molecular weight excluding hydrogens is 521 g/mol. The van der Waals surface area contributed by atoms with E-state index in [0.29, 0.717) is 17.5 Å². The van der Waals surface area contributed by atoms with Gasteiger partial charge in [0.2, 0.25) is 5.88 Å². The Bertz CT molecular complexity index is 1640. The van der Waals surface area contributed by atoms with E-state index >= 15 is 0 Å². The number of likely N-dealkylation sites (tertiary alicyclic amines) is 1. The molecule has 1 atom stereocenters. The van der Waals surface area contributed by atoms with Crippen LogP contribution in [0.1, 0.15) is 23.1 Å². The van der Waals surface area contributed by atoms with Crippen LogP contribution in [0.25, 0.3) is 22.2 Å². The zero-order valence-corrected chi connectivity index (χ0v) is 21.2. The Labute approximate surface area is 219 Å². The van der Waals surface area contributed by atoms with Crippen molar-refractivity contribution in [2.75, 3.05) is 25.5 Å². The smallest absolute Gasteiger partial charge is 0.418 e. The molecule has 1 aromatic carbocycles. The highest BCUT2D eigenvalue weighted by Crippen LogP contribution is 2.41. The average Bonchev–Trinajstić information content (AvgIpc) is 3.28. The first kappa shape index (κ1) is 26.5. The molecule has 204 valence electrons. The molecular formula is C27H24F5N5O2. The summed E-state index contributed by atoms with van der Waals surface area (Å²) in [6.45, 7) is 4.16. The van der Waals surface area contributed by atoms with Gasteiger partial charge in [-0.05, 0) is 57.6 Å². The number of pyridine rings is 3. The number of benzene rings is 1. The van der Waals surface area contributed by atoms with E-state index in [4.69, 9.17) is 4.74 Å². The number of rotatable bonds is 5. The molecule has 0 unspecified atom stereocenters. The second kappa shape index (κ2) is 9.92. The van der Waals surface area contributed by atoms with Gasteiger partial charge in [0, 0.05) is 36.6 Å². The van der Waals surface area contributed by atoms with Crippen molar-refractivity contribution in [3.63, 3.8) is 0 Å². The summed E-state index contributed by atoms with van der Waals surface area (Å²) in [5, 5.41) is 3.55. The maximum atomic E-state index is 14.2. The Morgan fingerprint density at radius 1 is 1.13 bits per heavy atom. The lowest BCUT2D eigenvalue weighted by molar-refractivity contribution is -0.138. The molecule has 39 heavy (non-hydrogen) atoms. The average molecular weight is 546 g/mol. The van der Waals surface area contributed by atoms with E-state index in [1.54, 1.807) is 6.07 Å². The van der Waals surface area contributed by atoms with Gasteiger partial charge < -0.3 is 19.9 Å². The van der Waals surface area contributed by atoms with Gasteiger partial charge in [-0.3, -0.25) is 4.79 Å². The molecule has 2 N–H and O–H groups in total. The third-order valence-corrected chi connectivity index (χ3v) is 6.85. The number of fused-ring (bicyclic) bond motifs is 1. The van der Waals surface area contributed by atoms with Crippen LogP contribution in [0.2, 0.25) is 0 Å². The fraction of sp³-hybridized carbons (Fsp3) is 0.296. The third-order valence-electron chi connectivity index (χ3n) is 6.85. The number of nitrogens with one attached hydrogen (secondary N) is 2. The van der Waals surface area contributed by atoms with Crippen LogP contribution in [-0.2, 0) is 6.18 Å². The Morgan fingerprint density at radius 2 is 1.90 bits per heavy atom. The number of H-pyrrole nitrogens is 1. The molecule has 0 bridgehead atoms. The monoisotopic (exact) mass is 545 g/mol. The number of hydrogen-bond acceptors (Lipinski definition) is 6. The van der Waals surface area contributed by atoms with Crippen molar-refractivity contribution < 1.29 is 26.7 Å². The maximum Gasteiger partial charge on any atom is 0.418 e. The lowest BCUT2D eigenvalue weighted by Crippen LogP contribution is -2.24.